The van der Waals surface area contributed by atoms with Gasteiger partial charge in [0.25, 0.3) is 0 Å². The Morgan fingerprint density at radius 2 is 1.79 bits per heavy atom. The summed E-state index contributed by atoms with van der Waals surface area (Å²) in [7, 11) is 0. The maximum atomic E-state index is 13.7. The zero-order valence-electron chi connectivity index (χ0n) is 16.6. The second-order valence-corrected chi connectivity index (χ2v) is 8.36. The molecular weight excluding hydrogens is 414 g/mol. The zero-order chi connectivity index (χ0) is 20.8. The predicted octanol–water partition coefficient (Wildman–Crippen LogP) is 5.53. The third kappa shape index (κ3) is 3.34. The van der Waals surface area contributed by atoms with Crippen molar-refractivity contribution in [3.05, 3.63) is 68.4 Å². The van der Waals surface area contributed by atoms with Crippen LogP contribution in [0.1, 0.15) is 49.4 Å². The van der Waals surface area contributed by atoms with Crippen molar-refractivity contribution in [3.63, 3.8) is 0 Å². The lowest BCUT2D eigenvalue weighted by molar-refractivity contribution is -0.0746. The van der Waals surface area contributed by atoms with Crippen LogP contribution in [0.2, 0.25) is 10.0 Å². The van der Waals surface area contributed by atoms with E-state index in [4.69, 9.17) is 32.8 Å². The number of rotatable bonds is 2. The largest absolute Gasteiger partial charge is 0.384 e. The average molecular weight is 437 g/mol. The summed E-state index contributed by atoms with van der Waals surface area (Å²) in [6, 6.07) is 9.41. The van der Waals surface area contributed by atoms with Crippen LogP contribution in [-0.2, 0) is 27.4 Å². The van der Waals surface area contributed by atoms with Gasteiger partial charge in [-0.05, 0) is 41.8 Å². The Kier molecular flexibility index (Phi) is 5.36. The standard InChI is InChI=1S/C20H17Cl2FN2O2.C2H6/c1-19(13-5-15(21)18(23)16(22)6-13)7-17(25-27-19)11-2-3-14-12(4-11)8-26-20(14)9-24-10-20;1-2/h2-6,24H,7-10H2,1H3;1-2H3. The summed E-state index contributed by atoms with van der Waals surface area (Å²) in [6.07, 6.45) is 0.539. The molecule has 5 rings (SSSR count). The van der Waals surface area contributed by atoms with Gasteiger partial charge in [0.2, 0.25) is 0 Å². The number of hydrogen-bond acceptors (Lipinski definition) is 4. The van der Waals surface area contributed by atoms with Gasteiger partial charge in [-0.15, -0.1) is 0 Å². The summed E-state index contributed by atoms with van der Waals surface area (Å²) in [5, 5.41) is 7.53. The van der Waals surface area contributed by atoms with Gasteiger partial charge in [-0.3, -0.25) is 0 Å². The Bertz CT molecular complexity index is 968. The monoisotopic (exact) mass is 436 g/mol. The van der Waals surface area contributed by atoms with Crippen molar-refractivity contribution in [2.75, 3.05) is 13.1 Å². The van der Waals surface area contributed by atoms with E-state index in [9.17, 15) is 4.39 Å². The van der Waals surface area contributed by atoms with Crippen molar-refractivity contribution >= 4 is 28.9 Å². The Labute approximate surface area is 180 Å². The normalized spacial score (nSPS) is 23.6. The van der Waals surface area contributed by atoms with E-state index in [1.807, 2.05) is 20.8 Å². The van der Waals surface area contributed by atoms with Gasteiger partial charge in [-0.2, -0.15) is 0 Å². The van der Waals surface area contributed by atoms with Gasteiger partial charge in [-0.25, -0.2) is 4.39 Å². The predicted molar refractivity (Wildman–Crippen MR) is 113 cm³/mol. The summed E-state index contributed by atoms with van der Waals surface area (Å²) in [6.45, 7) is 8.22. The number of hydrogen-bond donors (Lipinski definition) is 1. The molecule has 29 heavy (non-hydrogen) atoms. The summed E-state index contributed by atoms with van der Waals surface area (Å²) < 4.78 is 19.8. The van der Waals surface area contributed by atoms with Crippen LogP contribution in [0.5, 0.6) is 0 Å². The van der Waals surface area contributed by atoms with Gasteiger partial charge < -0.3 is 14.9 Å². The summed E-state index contributed by atoms with van der Waals surface area (Å²) in [5.74, 6) is -0.622. The lowest BCUT2D eigenvalue weighted by Gasteiger charge is -2.39. The molecule has 1 atom stereocenters. The summed E-state index contributed by atoms with van der Waals surface area (Å²) in [4.78, 5) is 5.74. The molecule has 0 aliphatic carbocycles. The molecule has 0 amide bonds. The molecule has 3 heterocycles. The Hall–Kier alpha value is -1.66. The first-order chi connectivity index (χ1) is 13.9. The highest BCUT2D eigenvalue weighted by Gasteiger charge is 2.45. The van der Waals surface area contributed by atoms with Crippen molar-refractivity contribution in [2.24, 2.45) is 5.16 Å². The molecule has 0 aromatic heterocycles. The van der Waals surface area contributed by atoms with Crippen molar-refractivity contribution in [2.45, 2.75) is 45.0 Å². The van der Waals surface area contributed by atoms with E-state index >= 15 is 0 Å². The molecule has 1 saturated heterocycles. The molecular formula is C22H23Cl2FN2O2. The Balaban J connectivity index is 0.000000994. The highest BCUT2D eigenvalue weighted by atomic mass is 35.5. The van der Waals surface area contributed by atoms with Gasteiger partial charge in [0.1, 0.15) is 5.60 Å². The van der Waals surface area contributed by atoms with Crippen LogP contribution >= 0.6 is 23.2 Å². The fourth-order valence-corrected chi connectivity index (χ4v) is 4.47. The molecule has 2 aromatic carbocycles. The van der Waals surface area contributed by atoms with Gasteiger partial charge in [0, 0.05) is 25.1 Å². The second kappa shape index (κ2) is 7.55. The zero-order valence-corrected chi connectivity index (χ0v) is 18.1. The van der Waals surface area contributed by atoms with Crippen molar-refractivity contribution in [1.29, 1.82) is 0 Å². The van der Waals surface area contributed by atoms with E-state index in [-0.39, 0.29) is 15.6 Å². The molecule has 1 N–H and O–H groups in total. The quantitative estimate of drug-likeness (QED) is 0.629. The smallest absolute Gasteiger partial charge is 0.165 e. The molecule has 7 heteroatoms. The van der Waals surface area contributed by atoms with E-state index < -0.39 is 11.4 Å². The van der Waals surface area contributed by atoms with E-state index in [0.29, 0.717) is 18.6 Å². The summed E-state index contributed by atoms with van der Waals surface area (Å²) >= 11 is 11.9. The van der Waals surface area contributed by atoms with Crippen LogP contribution in [0.25, 0.3) is 0 Å². The number of nitrogens with one attached hydrogen (secondary N) is 1. The van der Waals surface area contributed by atoms with Gasteiger partial charge in [0.15, 0.2) is 11.4 Å². The van der Waals surface area contributed by atoms with Crippen molar-refractivity contribution in [1.82, 2.24) is 5.32 Å². The first kappa shape index (κ1) is 20.6. The molecule has 3 aliphatic rings. The topological polar surface area (TPSA) is 42.8 Å². The van der Waals surface area contributed by atoms with Crippen molar-refractivity contribution in [3.8, 4) is 0 Å². The highest BCUT2D eigenvalue weighted by molar-refractivity contribution is 6.35. The van der Waals surface area contributed by atoms with Gasteiger partial charge >= 0.3 is 0 Å². The number of fused-ring (bicyclic) bond motifs is 2. The lowest BCUT2D eigenvalue weighted by atomic mass is 9.85. The average Bonchev–Trinajstić information content (AvgIpc) is 3.28. The molecule has 1 unspecified atom stereocenters. The van der Waals surface area contributed by atoms with Gasteiger partial charge in [-0.1, -0.05) is 54.3 Å². The number of oxime groups is 1. The minimum Gasteiger partial charge on any atom is -0.384 e. The van der Waals surface area contributed by atoms with Crippen LogP contribution in [0.4, 0.5) is 4.39 Å². The molecule has 1 spiro atoms. The van der Waals surface area contributed by atoms with Crippen LogP contribution in [0.3, 0.4) is 0 Å². The fourth-order valence-electron chi connectivity index (χ4n) is 3.99. The molecule has 0 bridgehead atoms. The Morgan fingerprint density at radius 3 is 2.41 bits per heavy atom. The van der Waals surface area contributed by atoms with E-state index in [1.54, 1.807) is 12.1 Å². The molecule has 3 aliphatic heterocycles. The second-order valence-electron chi connectivity index (χ2n) is 7.55. The SMILES string of the molecule is CC.CC1(c2cc(Cl)c(F)c(Cl)c2)CC(c2ccc3c(c2)COC32CNC2)=NO1. The molecule has 0 radical (unpaired) electrons. The maximum Gasteiger partial charge on any atom is 0.165 e. The molecule has 2 aromatic rings. The number of benzene rings is 2. The first-order valence-corrected chi connectivity index (χ1v) is 10.5. The summed E-state index contributed by atoms with van der Waals surface area (Å²) in [5.41, 5.74) is 4.08. The Morgan fingerprint density at radius 1 is 1.10 bits per heavy atom. The molecule has 4 nitrogen and oxygen atoms in total. The van der Waals surface area contributed by atoms with E-state index in [1.165, 1.54) is 11.1 Å². The maximum absolute atomic E-state index is 13.7. The third-order valence-corrected chi connectivity index (χ3v) is 6.26. The molecule has 154 valence electrons. The lowest BCUT2D eigenvalue weighted by Crippen LogP contribution is -2.56. The highest BCUT2D eigenvalue weighted by Crippen LogP contribution is 2.42. The van der Waals surface area contributed by atoms with Crippen LogP contribution in [0.15, 0.2) is 35.5 Å². The number of halogens is 3. The number of nitrogens with zero attached hydrogens (tertiary/aromatic N) is 1. The van der Waals surface area contributed by atoms with Crippen LogP contribution in [0, 0.1) is 5.82 Å². The molecule has 0 saturated carbocycles. The van der Waals surface area contributed by atoms with E-state index in [2.05, 4.69) is 28.7 Å². The van der Waals surface area contributed by atoms with Crippen LogP contribution in [-0.4, -0.2) is 18.8 Å². The van der Waals surface area contributed by atoms with E-state index in [0.717, 1.165) is 24.4 Å². The van der Waals surface area contributed by atoms with Crippen LogP contribution < -0.4 is 5.32 Å². The third-order valence-electron chi connectivity index (χ3n) is 5.71. The fraction of sp³-hybridized carbons (Fsp3) is 0.409. The number of ether oxygens (including phenoxy) is 1. The molecule has 1 fully saturated rings. The minimum atomic E-state index is -0.745. The minimum absolute atomic E-state index is 0.0233. The first-order valence-electron chi connectivity index (χ1n) is 9.79. The van der Waals surface area contributed by atoms with Gasteiger partial charge in [0.05, 0.1) is 22.4 Å². The van der Waals surface area contributed by atoms with Crippen molar-refractivity contribution < 1.29 is 14.0 Å².